The van der Waals surface area contributed by atoms with Gasteiger partial charge in [-0.05, 0) is 31.1 Å². The monoisotopic (exact) mass is 270 g/mol. The average molecular weight is 270 g/mol. The van der Waals surface area contributed by atoms with Gasteiger partial charge in [0.05, 0.1) is 6.61 Å². The summed E-state index contributed by atoms with van der Waals surface area (Å²) in [5.41, 5.74) is 6.86. The summed E-state index contributed by atoms with van der Waals surface area (Å²) in [6.45, 7) is 11.0. The summed E-state index contributed by atoms with van der Waals surface area (Å²) >= 11 is 0. The number of hydrogen-bond acceptors (Lipinski definition) is 3. The third kappa shape index (κ3) is 4.17. The van der Waals surface area contributed by atoms with Crippen molar-refractivity contribution in [1.82, 2.24) is 4.90 Å². The molecule has 3 heteroatoms. The Labute approximate surface area is 119 Å². The lowest BCUT2D eigenvalue weighted by atomic mass is 9.70. The van der Waals surface area contributed by atoms with E-state index in [1.807, 2.05) is 0 Å². The Kier molecular flexibility index (Phi) is 6.78. The molecule has 0 spiro atoms. The summed E-state index contributed by atoms with van der Waals surface area (Å²) < 4.78 is 5.31. The Bertz CT molecular complexity index is 251. The molecule has 0 saturated heterocycles. The van der Waals surface area contributed by atoms with Crippen LogP contribution in [-0.4, -0.2) is 43.3 Å². The molecule has 1 saturated carbocycles. The normalized spacial score (nSPS) is 27.2. The predicted molar refractivity (Wildman–Crippen MR) is 82.3 cm³/mol. The smallest absolute Gasteiger partial charge is 0.0589 e. The van der Waals surface area contributed by atoms with Gasteiger partial charge in [0, 0.05) is 31.8 Å². The van der Waals surface area contributed by atoms with Crippen LogP contribution in [0.4, 0.5) is 0 Å². The zero-order chi connectivity index (χ0) is 14.5. The molecule has 0 heterocycles. The Hall–Kier alpha value is -0.120. The van der Waals surface area contributed by atoms with Crippen molar-refractivity contribution in [3.05, 3.63) is 0 Å². The fourth-order valence-corrected chi connectivity index (χ4v) is 3.58. The van der Waals surface area contributed by atoms with Crippen molar-refractivity contribution in [3.8, 4) is 0 Å². The van der Waals surface area contributed by atoms with Gasteiger partial charge >= 0.3 is 0 Å². The third-order valence-corrected chi connectivity index (χ3v) is 5.03. The summed E-state index contributed by atoms with van der Waals surface area (Å²) in [6.07, 6.45) is 6.19. The topological polar surface area (TPSA) is 38.5 Å². The summed E-state index contributed by atoms with van der Waals surface area (Å²) in [5.74, 6) is 0. The summed E-state index contributed by atoms with van der Waals surface area (Å²) in [4.78, 5) is 2.63. The minimum absolute atomic E-state index is 0.264. The minimum atomic E-state index is 0.264. The molecule has 0 aromatic carbocycles. The van der Waals surface area contributed by atoms with Gasteiger partial charge in [-0.2, -0.15) is 0 Å². The molecule has 1 fully saturated rings. The van der Waals surface area contributed by atoms with Gasteiger partial charge in [-0.3, -0.25) is 4.90 Å². The molecule has 0 aromatic rings. The highest BCUT2D eigenvalue weighted by molar-refractivity contribution is 4.97. The first-order chi connectivity index (χ1) is 8.97. The first kappa shape index (κ1) is 16.9. The van der Waals surface area contributed by atoms with Crippen molar-refractivity contribution in [1.29, 1.82) is 0 Å². The molecule has 114 valence electrons. The molecule has 1 aliphatic carbocycles. The average Bonchev–Trinajstić information content (AvgIpc) is 2.38. The maximum Gasteiger partial charge on any atom is 0.0589 e. The third-order valence-electron chi connectivity index (χ3n) is 5.03. The Balaban J connectivity index is 2.82. The van der Waals surface area contributed by atoms with E-state index >= 15 is 0 Å². The zero-order valence-electron chi connectivity index (χ0n) is 13.6. The predicted octanol–water partition coefficient (Wildman–Crippen LogP) is 3.03. The second-order valence-electron chi connectivity index (χ2n) is 6.67. The van der Waals surface area contributed by atoms with E-state index in [4.69, 9.17) is 10.5 Å². The van der Waals surface area contributed by atoms with Crippen LogP contribution in [0.25, 0.3) is 0 Å². The number of methoxy groups -OCH3 is 1. The number of nitrogens with zero attached hydrogens (tertiary/aromatic N) is 1. The highest BCUT2D eigenvalue weighted by Crippen LogP contribution is 2.37. The molecule has 1 rings (SSSR count). The Morgan fingerprint density at radius 2 is 1.95 bits per heavy atom. The highest BCUT2D eigenvalue weighted by atomic mass is 16.5. The Morgan fingerprint density at radius 1 is 1.32 bits per heavy atom. The van der Waals surface area contributed by atoms with E-state index in [-0.39, 0.29) is 11.5 Å². The SMILES string of the molecule is CCC(CC)N(CCOC)C1CCCC(C)(C)C1N. The van der Waals surface area contributed by atoms with E-state index < -0.39 is 0 Å². The van der Waals surface area contributed by atoms with Crippen LogP contribution in [0.5, 0.6) is 0 Å². The van der Waals surface area contributed by atoms with Gasteiger partial charge in [0.2, 0.25) is 0 Å². The van der Waals surface area contributed by atoms with Crippen molar-refractivity contribution in [2.75, 3.05) is 20.3 Å². The second-order valence-corrected chi connectivity index (χ2v) is 6.67. The van der Waals surface area contributed by atoms with Gasteiger partial charge in [0.15, 0.2) is 0 Å². The van der Waals surface area contributed by atoms with Gasteiger partial charge in [-0.15, -0.1) is 0 Å². The van der Waals surface area contributed by atoms with Crippen molar-refractivity contribution in [2.45, 2.75) is 77.9 Å². The van der Waals surface area contributed by atoms with Crippen LogP contribution in [0.3, 0.4) is 0 Å². The van der Waals surface area contributed by atoms with E-state index in [1.54, 1.807) is 7.11 Å². The van der Waals surface area contributed by atoms with E-state index in [9.17, 15) is 0 Å². The molecule has 1 aliphatic rings. The summed E-state index contributed by atoms with van der Waals surface area (Å²) in [7, 11) is 1.79. The lowest BCUT2D eigenvalue weighted by molar-refractivity contribution is 0.0189. The maximum absolute atomic E-state index is 6.59. The first-order valence-electron chi connectivity index (χ1n) is 7.98. The number of hydrogen-bond donors (Lipinski definition) is 1. The molecule has 19 heavy (non-hydrogen) atoms. The molecule has 0 aromatic heterocycles. The quantitative estimate of drug-likeness (QED) is 0.773. The molecule has 0 radical (unpaired) electrons. The zero-order valence-corrected chi connectivity index (χ0v) is 13.6. The van der Waals surface area contributed by atoms with Gasteiger partial charge < -0.3 is 10.5 Å². The van der Waals surface area contributed by atoms with Gasteiger partial charge in [0.1, 0.15) is 0 Å². The largest absolute Gasteiger partial charge is 0.383 e. The molecule has 0 aliphatic heterocycles. The van der Waals surface area contributed by atoms with Gasteiger partial charge in [-0.1, -0.05) is 34.1 Å². The van der Waals surface area contributed by atoms with Crippen LogP contribution in [0, 0.1) is 5.41 Å². The fraction of sp³-hybridized carbons (Fsp3) is 1.00. The first-order valence-corrected chi connectivity index (χ1v) is 7.98. The minimum Gasteiger partial charge on any atom is -0.383 e. The molecule has 0 bridgehead atoms. The molecule has 0 amide bonds. The fourth-order valence-electron chi connectivity index (χ4n) is 3.58. The van der Waals surface area contributed by atoms with Crippen LogP contribution in [0.2, 0.25) is 0 Å². The van der Waals surface area contributed by atoms with Crippen molar-refractivity contribution < 1.29 is 4.74 Å². The van der Waals surface area contributed by atoms with Crippen LogP contribution >= 0.6 is 0 Å². The lowest BCUT2D eigenvalue weighted by Crippen LogP contribution is -2.59. The van der Waals surface area contributed by atoms with E-state index in [2.05, 4.69) is 32.6 Å². The van der Waals surface area contributed by atoms with E-state index in [1.165, 1.54) is 32.1 Å². The van der Waals surface area contributed by atoms with Gasteiger partial charge in [0.25, 0.3) is 0 Å². The molecule has 2 N–H and O–H groups in total. The van der Waals surface area contributed by atoms with Crippen LogP contribution < -0.4 is 5.73 Å². The molecule has 3 nitrogen and oxygen atoms in total. The van der Waals surface area contributed by atoms with Crippen molar-refractivity contribution in [3.63, 3.8) is 0 Å². The lowest BCUT2D eigenvalue weighted by Gasteiger charge is -2.49. The van der Waals surface area contributed by atoms with Crippen molar-refractivity contribution >= 4 is 0 Å². The van der Waals surface area contributed by atoms with Crippen LogP contribution in [-0.2, 0) is 4.74 Å². The highest BCUT2D eigenvalue weighted by Gasteiger charge is 2.40. The van der Waals surface area contributed by atoms with Gasteiger partial charge in [-0.25, -0.2) is 0 Å². The summed E-state index contributed by atoms with van der Waals surface area (Å²) in [6, 6.07) is 1.43. The molecular formula is C16H34N2O. The molecule has 2 atom stereocenters. The number of nitrogens with two attached hydrogens (primary N) is 1. The van der Waals surface area contributed by atoms with Crippen LogP contribution in [0.15, 0.2) is 0 Å². The standard InChI is InChI=1S/C16H34N2O/c1-6-13(7-2)18(11-12-19-5)14-9-8-10-16(3,4)15(14)17/h13-15H,6-12,17H2,1-5H3. The van der Waals surface area contributed by atoms with Crippen LogP contribution in [0.1, 0.15) is 59.8 Å². The Morgan fingerprint density at radius 3 is 2.47 bits per heavy atom. The molecular weight excluding hydrogens is 236 g/mol. The van der Waals surface area contributed by atoms with E-state index in [0.717, 1.165) is 13.2 Å². The number of ether oxygens (including phenoxy) is 1. The van der Waals surface area contributed by atoms with Crippen molar-refractivity contribution in [2.24, 2.45) is 11.1 Å². The second kappa shape index (κ2) is 7.61. The summed E-state index contributed by atoms with van der Waals surface area (Å²) in [5, 5.41) is 0. The molecule has 2 unspecified atom stereocenters. The maximum atomic E-state index is 6.59. The van der Waals surface area contributed by atoms with E-state index in [0.29, 0.717) is 12.1 Å². The number of rotatable bonds is 7.